The van der Waals surface area contributed by atoms with E-state index in [2.05, 4.69) is 30.7 Å². The maximum absolute atomic E-state index is 5.94. The van der Waals surface area contributed by atoms with Crippen LogP contribution in [0.2, 0.25) is 0 Å². The normalized spacial score (nSPS) is 11.5. The van der Waals surface area contributed by atoms with E-state index in [0.29, 0.717) is 5.69 Å². The molecule has 0 aliphatic rings. The number of hydrogen-bond donors (Lipinski definition) is 1. The van der Waals surface area contributed by atoms with Gasteiger partial charge in [-0.15, -0.1) is 0 Å². The molecule has 2 rings (SSSR count). The van der Waals surface area contributed by atoms with Crippen molar-refractivity contribution in [2.75, 3.05) is 5.73 Å². The van der Waals surface area contributed by atoms with E-state index in [0.717, 1.165) is 17.1 Å². The Hall–Kier alpha value is -1.90. The summed E-state index contributed by atoms with van der Waals surface area (Å²) in [6, 6.07) is 9.95. The second-order valence-corrected chi connectivity index (χ2v) is 5.11. The maximum Gasteiger partial charge on any atom is 0.134 e. The molecule has 3 nitrogen and oxygen atoms in total. The molecule has 17 heavy (non-hydrogen) atoms. The van der Waals surface area contributed by atoms with Gasteiger partial charge in [0.05, 0.1) is 17.6 Å². The summed E-state index contributed by atoms with van der Waals surface area (Å²) in [5.41, 5.74) is 8.32. The minimum Gasteiger partial charge on any atom is -0.396 e. The number of hydrogen-bond acceptors (Lipinski definition) is 3. The predicted octanol–water partition coefficient (Wildman–Crippen LogP) is 3.02. The summed E-state index contributed by atoms with van der Waals surface area (Å²) in [4.78, 5) is 8.88. The van der Waals surface area contributed by atoms with Crippen LogP contribution in [0.25, 0.3) is 11.3 Å². The van der Waals surface area contributed by atoms with Crippen LogP contribution in [-0.4, -0.2) is 9.97 Å². The number of anilines is 1. The number of nitrogen functional groups attached to an aromatic ring is 1. The third kappa shape index (κ3) is 2.44. The van der Waals surface area contributed by atoms with E-state index in [4.69, 9.17) is 5.73 Å². The molecule has 0 atom stereocenters. The van der Waals surface area contributed by atoms with E-state index < -0.39 is 0 Å². The summed E-state index contributed by atoms with van der Waals surface area (Å²) in [5.74, 6) is 0.811. The van der Waals surface area contributed by atoms with Gasteiger partial charge in [0.25, 0.3) is 0 Å². The number of aromatic nitrogens is 2. The van der Waals surface area contributed by atoms with E-state index in [-0.39, 0.29) is 5.41 Å². The van der Waals surface area contributed by atoms with Gasteiger partial charge in [0, 0.05) is 11.0 Å². The van der Waals surface area contributed by atoms with E-state index in [1.165, 1.54) is 0 Å². The molecular weight excluding hydrogens is 210 g/mol. The Morgan fingerprint density at radius 3 is 2.29 bits per heavy atom. The highest BCUT2D eigenvalue weighted by molar-refractivity contribution is 5.71. The first-order valence-corrected chi connectivity index (χ1v) is 5.67. The number of rotatable bonds is 1. The fraction of sp³-hybridized carbons (Fsp3) is 0.286. The highest BCUT2D eigenvalue weighted by Gasteiger charge is 2.18. The summed E-state index contributed by atoms with van der Waals surface area (Å²) >= 11 is 0. The zero-order chi connectivity index (χ0) is 12.5. The van der Waals surface area contributed by atoms with Gasteiger partial charge in [0.15, 0.2) is 0 Å². The van der Waals surface area contributed by atoms with Crippen molar-refractivity contribution in [3.8, 4) is 11.3 Å². The fourth-order valence-electron chi connectivity index (χ4n) is 1.58. The van der Waals surface area contributed by atoms with Crippen molar-refractivity contribution in [2.45, 2.75) is 26.2 Å². The van der Waals surface area contributed by atoms with E-state index in [1.54, 1.807) is 6.20 Å². The maximum atomic E-state index is 5.94. The fourth-order valence-corrected chi connectivity index (χ4v) is 1.58. The molecule has 3 heteroatoms. The minimum absolute atomic E-state index is 0.0722. The minimum atomic E-state index is -0.0722. The van der Waals surface area contributed by atoms with E-state index >= 15 is 0 Å². The number of nitrogens with two attached hydrogens (primary N) is 1. The summed E-state index contributed by atoms with van der Waals surface area (Å²) in [6.45, 7) is 6.27. The number of benzene rings is 1. The van der Waals surface area contributed by atoms with Gasteiger partial charge in [-0.25, -0.2) is 9.97 Å². The molecule has 0 saturated carbocycles. The zero-order valence-electron chi connectivity index (χ0n) is 10.4. The molecule has 0 saturated heterocycles. The van der Waals surface area contributed by atoms with Gasteiger partial charge in [-0.2, -0.15) is 0 Å². The molecule has 2 N–H and O–H groups in total. The average molecular weight is 227 g/mol. The van der Waals surface area contributed by atoms with Crippen LogP contribution >= 0.6 is 0 Å². The topological polar surface area (TPSA) is 51.8 Å². The van der Waals surface area contributed by atoms with Crippen molar-refractivity contribution < 1.29 is 0 Å². The average Bonchev–Trinajstić information content (AvgIpc) is 2.29. The lowest BCUT2D eigenvalue weighted by Crippen LogP contribution is -2.16. The standard InChI is InChI=1S/C14H17N3/c1-14(2,3)13-16-9-11(15)12(17-13)10-7-5-4-6-8-10/h4-9H,15H2,1-3H3. The van der Waals surface area contributed by atoms with Crippen LogP contribution in [0.5, 0.6) is 0 Å². The lowest BCUT2D eigenvalue weighted by molar-refractivity contribution is 0.546. The quantitative estimate of drug-likeness (QED) is 0.814. The second-order valence-electron chi connectivity index (χ2n) is 5.11. The Labute approximate surface area is 102 Å². The van der Waals surface area contributed by atoms with Crippen molar-refractivity contribution >= 4 is 5.69 Å². The van der Waals surface area contributed by atoms with Crippen molar-refractivity contribution in [3.05, 3.63) is 42.4 Å². The third-order valence-electron chi connectivity index (χ3n) is 2.54. The van der Waals surface area contributed by atoms with E-state index in [9.17, 15) is 0 Å². The monoisotopic (exact) mass is 227 g/mol. The lowest BCUT2D eigenvalue weighted by atomic mass is 9.95. The van der Waals surface area contributed by atoms with E-state index in [1.807, 2.05) is 30.3 Å². The molecule has 0 bridgehead atoms. The van der Waals surface area contributed by atoms with Crippen LogP contribution in [0, 0.1) is 0 Å². The van der Waals surface area contributed by atoms with Gasteiger partial charge >= 0.3 is 0 Å². The Morgan fingerprint density at radius 1 is 1.06 bits per heavy atom. The van der Waals surface area contributed by atoms with Crippen LogP contribution < -0.4 is 5.73 Å². The van der Waals surface area contributed by atoms with Gasteiger partial charge in [-0.3, -0.25) is 0 Å². The third-order valence-corrected chi connectivity index (χ3v) is 2.54. The molecular formula is C14H17N3. The van der Waals surface area contributed by atoms with Gasteiger partial charge in [-0.05, 0) is 0 Å². The van der Waals surface area contributed by atoms with Gasteiger partial charge in [-0.1, -0.05) is 51.1 Å². The van der Waals surface area contributed by atoms with Gasteiger partial charge in [0.2, 0.25) is 0 Å². The molecule has 0 amide bonds. The SMILES string of the molecule is CC(C)(C)c1ncc(N)c(-c2ccccc2)n1. The molecule has 0 fully saturated rings. The summed E-state index contributed by atoms with van der Waals surface area (Å²) < 4.78 is 0. The largest absolute Gasteiger partial charge is 0.396 e. The van der Waals surface area contributed by atoms with Crippen molar-refractivity contribution in [1.29, 1.82) is 0 Å². The van der Waals surface area contributed by atoms with Crippen LogP contribution in [0.3, 0.4) is 0 Å². The summed E-state index contributed by atoms with van der Waals surface area (Å²) in [5, 5.41) is 0. The first kappa shape index (κ1) is 11.6. The predicted molar refractivity (Wildman–Crippen MR) is 70.6 cm³/mol. The molecule has 88 valence electrons. The van der Waals surface area contributed by atoms with Crippen LogP contribution in [0.4, 0.5) is 5.69 Å². The molecule has 0 spiro atoms. The smallest absolute Gasteiger partial charge is 0.134 e. The Kier molecular flexibility index (Phi) is 2.84. The molecule has 2 aromatic rings. The molecule has 0 aliphatic carbocycles. The Bertz CT molecular complexity index is 513. The lowest BCUT2D eigenvalue weighted by Gasteiger charge is -2.17. The summed E-state index contributed by atoms with van der Waals surface area (Å²) in [6.07, 6.45) is 1.69. The molecule has 0 radical (unpaired) electrons. The number of nitrogens with zero attached hydrogens (tertiary/aromatic N) is 2. The highest BCUT2D eigenvalue weighted by atomic mass is 14.9. The zero-order valence-corrected chi connectivity index (χ0v) is 10.4. The van der Waals surface area contributed by atoms with Crippen molar-refractivity contribution in [2.24, 2.45) is 0 Å². The molecule has 0 unspecified atom stereocenters. The van der Waals surface area contributed by atoms with Gasteiger partial charge in [0.1, 0.15) is 5.82 Å². The first-order chi connectivity index (χ1) is 7.98. The second kappa shape index (κ2) is 4.17. The van der Waals surface area contributed by atoms with Gasteiger partial charge < -0.3 is 5.73 Å². The van der Waals surface area contributed by atoms with Crippen LogP contribution in [0.15, 0.2) is 36.5 Å². The van der Waals surface area contributed by atoms with Crippen molar-refractivity contribution in [3.63, 3.8) is 0 Å². The first-order valence-electron chi connectivity index (χ1n) is 5.67. The van der Waals surface area contributed by atoms with Crippen LogP contribution in [-0.2, 0) is 5.41 Å². The highest BCUT2D eigenvalue weighted by Crippen LogP contribution is 2.26. The Morgan fingerprint density at radius 2 is 1.71 bits per heavy atom. The Balaban J connectivity index is 2.55. The van der Waals surface area contributed by atoms with Crippen LogP contribution in [0.1, 0.15) is 26.6 Å². The molecule has 1 aromatic heterocycles. The van der Waals surface area contributed by atoms with Crippen molar-refractivity contribution in [1.82, 2.24) is 9.97 Å². The molecule has 1 aromatic carbocycles. The summed E-state index contributed by atoms with van der Waals surface area (Å²) in [7, 11) is 0. The molecule has 1 heterocycles. The molecule has 0 aliphatic heterocycles.